The Bertz CT molecular complexity index is 321. The lowest BCUT2D eigenvalue weighted by atomic mass is 10.1. The minimum atomic E-state index is -0.327. The van der Waals surface area contributed by atoms with Crippen molar-refractivity contribution in [2.75, 3.05) is 13.6 Å². The SMILES string of the molecule is CNCC(=O)Cc1cc(F)cc(Br)c1. The predicted octanol–water partition coefficient (Wildman–Crippen LogP) is 1.92. The average molecular weight is 260 g/mol. The van der Waals surface area contributed by atoms with Crippen LogP contribution in [0.3, 0.4) is 0 Å². The third-order valence-electron chi connectivity index (χ3n) is 1.70. The van der Waals surface area contributed by atoms with Gasteiger partial charge in [0.25, 0.3) is 0 Å². The van der Waals surface area contributed by atoms with E-state index in [1.807, 2.05) is 0 Å². The third-order valence-corrected chi connectivity index (χ3v) is 2.16. The number of likely N-dealkylation sites (N-methyl/N-ethyl adjacent to an activating group) is 1. The van der Waals surface area contributed by atoms with E-state index in [0.717, 1.165) is 0 Å². The van der Waals surface area contributed by atoms with Gasteiger partial charge in [0.2, 0.25) is 0 Å². The Morgan fingerprint density at radius 2 is 2.21 bits per heavy atom. The summed E-state index contributed by atoms with van der Waals surface area (Å²) in [4.78, 5) is 11.2. The lowest BCUT2D eigenvalue weighted by Gasteiger charge is -2.01. The number of nitrogens with one attached hydrogen (secondary N) is 1. The first-order valence-corrected chi connectivity index (χ1v) is 5.02. The maximum absolute atomic E-state index is 12.9. The van der Waals surface area contributed by atoms with Crippen LogP contribution in [-0.4, -0.2) is 19.4 Å². The van der Waals surface area contributed by atoms with E-state index >= 15 is 0 Å². The molecule has 1 N–H and O–H groups in total. The van der Waals surface area contributed by atoms with Crippen molar-refractivity contribution in [2.45, 2.75) is 6.42 Å². The smallest absolute Gasteiger partial charge is 0.150 e. The molecule has 0 atom stereocenters. The molecule has 0 unspecified atom stereocenters. The molecule has 0 fully saturated rings. The number of carbonyl (C=O) groups is 1. The number of hydrogen-bond acceptors (Lipinski definition) is 2. The van der Waals surface area contributed by atoms with E-state index in [1.165, 1.54) is 12.1 Å². The molecule has 76 valence electrons. The van der Waals surface area contributed by atoms with Crippen LogP contribution < -0.4 is 5.32 Å². The van der Waals surface area contributed by atoms with Gasteiger partial charge in [0, 0.05) is 10.9 Å². The maximum Gasteiger partial charge on any atom is 0.150 e. The zero-order valence-corrected chi connectivity index (χ0v) is 9.40. The van der Waals surface area contributed by atoms with Gasteiger partial charge in [-0.1, -0.05) is 15.9 Å². The molecule has 0 heterocycles. The number of benzene rings is 1. The Hall–Kier alpha value is -0.740. The number of rotatable bonds is 4. The second-order valence-electron chi connectivity index (χ2n) is 3.02. The Kier molecular flexibility index (Phi) is 4.22. The highest BCUT2D eigenvalue weighted by atomic mass is 79.9. The normalized spacial score (nSPS) is 10.2. The van der Waals surface area contributed by atoms with Gasteiger partial charge >= 0.3 is 0 Å². The second kappa shape index (κ2) is 5.22. The first kappa shape index (κ1) is 11.3. The Morgan fingerprint density at radius 1 is 1.50 bits per heavy atom. The van der Waals surface area contributed by atoms with Crippen molar-refractivity contribution in [1.82, 2.24) is 5.32 Å². The minimum absolute atomic E-state index is 0.0463. The average Bonchev–Trinajstić information content (AvgIpc) is 2.01. The van der Waals surface area contributed by atoms with E-state index < -0.39 is 0 Å². The molecule has 14 heavy (non-hydrogen) atoms. The molecule has 1 rings (SSSR count). The first-order valence-electron chi connectivity index (χ1n) is 4.23. The molecular weight excluding hydrogens is 249 g/mol. The predicted molar refractivity (Wildman–Crippen MR) is 56.7 cm³/mol. The van der Waals surface area contributed by atoms with Crippen molar-refractivity contribution < 1.29 is 9.18 Å². The van der Waals surface area contributed by atoms with Crippen molar-refractivity contribution in [3.05, 3.63) is 34.1 Å². The fraction of sp³-hybridized carbons (Fsp3) is 0.300. The highest BCUT2D eigenvalue weighted by Gasteiger charge is 2.04. The fourth-order valence-corrected chi connectivity index (χ4v) is 1.71. The molecular formula is C10H11BrFNO. The van der Waals surface area contributed by atoms with E-state index in [1.54, 1.807) is 13.1 Å². The van der Waals surface area contributed by atoms with Crippen LogP contribution in [0.1, 0.15) is 5.56 Å². The monoisotopic (exact) mass is 259 g/mol. The molecule has 0 amide bonds. The van der Waals surface area contributed by atoms with Gasteiger partial charge in [0.1, 0.15) is 5.82 Å². The number of halogens is 2. The quantitative estimate of drug-likeness (QED) is 0.896. The van der Waals surface area contributed by atoms with Gasteiger partial charge in [-0.05, 0) is 30.8 Å². The molecule has 0 aromatic heterocycles. The number of ketones is 1. The summed E-state index contributed by atoms with van der Waals surface area (Å²) in [7, 11) is 1.71. The molecule has 0 aliphatic carbocycles. The Morgan fingerprint density at radius 3 is 2.79 bits per heavy atom. The summed E-state index contributed by atoms with van der Waals surface area (Å²) in [5.74, 6) is -0.281. The highest BCUT2D eigenvalue weighted by Crippen LogP contribution is 2.15. The summed E-state index contributed by atoms with van der Waals surface area (Å²) in [6, 6.07) is 4.49. The lowest BCUT2D eigenvalue weighted by Crippen LogP contribution is -2.20. The Balaban J connectivity index is 2.71. The van der Waals surface area contributed by atoms with E-state index in [2.05, 4.69) is 21.2 Å². The summed E-state index contributed by atoms with van der Waals surface area (Å²) in [6.07, 6.45) is 0.261. The van der Waals surface area contributed by atoms with Crippen LogP contribution in [-0.2, 0) is 11.2 Å². The first-order chi connectivity index (χ1) is 6.61. The van der Waals surface area contributed by atoms with Crippen molar-refractivity contribution in [1.29, 1.82) is 0 Å². The van der Waals surface area contributed by atoms with E-state index in [9.17, 15) is 9.18 Å². The van der Waals surface area contributed by atoms with Gasteiger partial charge in [-0.15, -0.1) is 0 Å². The third kappa shape index (κ3) is 3.55. The van der Waals surface area contributed by atoms with Crippen LogP contribution in [0.5, 0.6) is 0 Å². The van der Waals surface area contributed by atoms with Crippen molar-refractivity contribution in [2.24, 2.45) is 0 Å². The maximum atomic E-state index is 12.9. The van der Waals surface area contributed by atoms with Crippen LogP contribution >= 0.6 is 15.9 Å². The van der Waals surface area contributed by atoms with E-state index in [4.69, 9.17) is 0 Å². The second-order valence-corrected chi connectivity index (χ2v) is 3.94. The number of Topliss-reactive ketones (excluding diaryl/α,β-unsaturated/α-hetero) is 1. The highest BCUT2D eigenvalue weighted by molar-refractivity contribution is 9.10. The molecule has 0 radical (unpaired) electrons. The van der Waals surface area contributed by atoms with Crippen molar-refractivity contribution in [3.8, 4) is 0 Å². The van der Waals surface area contributed by atoms with Gasteiger partial charge in [-0.25, -0.2) is 4.39 Å². The van der Waals surface area contributed by atoms with Crippen molar-refractivity contribution in [3.63, 3.8) is 0 Å². The molecule has 1 aromatic carbocycles. The van der Waals surface area contributed by atoms with Crippen LogP contribution in [0.25, 0.3) is 0 Å². The van der Waals surface area contributed by atoms with Crippen LogP contribution in [0.2, 0.25) is 0 Å². The summed E-state index contributed by atoms with van der Waals surface area (Å²) in [5, 5.41) is 2.76. The summed E-state index contributed by atoms with van der Waals surface area (Å²) in [6.45, 7) is 0.314. The van der Waals surface area contributed by atoms with Crippen molar-refractivity contribution >= 4 is 21.7 Å². The van der Waals surface area contributed by atoms with Gasteiger partial charge < -0.3 is 5.32 Å². The minimum Gasteiger partial charge on any atom is -0.313 e. The van der Waals surface area contributed by atoms with Gasteiger partial charge in [0.05, 0.1) is 6.54 Å². The summed E-state index contributed by atoms with van der Waals surface area (Å²) >= 11 is 3.17. The molecule has 0 bridgehead atoms. The number of hydrogen-bond donors (Lipinski definition) is 1. The zero-order chi connectivity index (χ0) is 10.6. The Labute approximate surface area is 90.6 Å². The van der Waals surface area contributed by atoms with Crippen LogP contribution in [0.15, 0.2) is 22.7 Å². The van der Waals surface area contributed by atoms with Crippen LogP contribution in [0.4, 0.5) is 4.39 Å². The largest absolute Gasteiger partial charge is 0.313 e. The molecule has 0 spiro atoms. The van der Waals surface area contributed by atoms with E-state index in [0.29, 0.717) is 16.6 Å². The summed E-state index contributed by atoms with van der Waals surface area (Å²) in [5.41, 5.74) is 0.692. The summed E-state index contributed by atoms with van der Waals surface area (Å²) < 4.78 is 13.6. The molecule has 0 aliphatic heterocycles. The van der Waals surface area contributed by atoms with Gasteiger partial charge in [0.15, 0.2) is 5.78 Å². The lowest BCUT2D eigenvalue weighted by molar-refractivity contribution is -0.117. The molecule has 1 aromatic rings. The standard InChI is InChI=1S/C10H11BrFNO/c1-13-6-10(14)4-7-2-8(11)5-9(12)3-7/h2-3,5,13H,4,6H2,1H3. The zero-order valence-electron chi connectivity index (χ0n) is 7.81. The van der Waals surface area contributed by atoms with Gasteiger partial charge in [-0.2, -0.15) is 0 Å². The molecule has 0 aliphatic rings. The topological polar surface area (TPSA) is 29.1 Å². The fourth-order valence-electron chi connectivity index (χ4n) is 1.20. The van der Waals surface area contributed by atoms with Gasteiger partial charge in [-0.3, -0.25) is 4.79 Å². The molecule has 0 saturated carbocycles. The molecule has 4 heteroatoms. The van der Waals surface area contributed by atoms with Crippen LogP contribution in [0, 0.1) is 5.82 Å². The molecule has 0 saturated heterocycles. The number of carbonyl (C=O) groups excluding carboxylic acids is 1. The van der Waals surface area contributed by atoms with E-state index in [-0.39, 0.29) is 18.0 Å². The molecule has 2 nitrogen and oxygen atoms in total.